The molecule has 4 aromatic rings. The predicted molar refractivity (Wildman–Crippen MR) is 143 cm³/mol. The van der Waals surface area contributed by atoms with Crippen LogP contribution < -0.4 is 16.4 Å². The van der Waals surface area contributed by atoms with Crippen LogP contribution in [0.3, 0.4) is 0 Å². The molecule has 0 aliphatic carbocycles. The van der Waals surface area contributed by atoms with E-state index >= 15 is 0 Å². The molecule has 4 aromatic carbocycles. The van der Waals surface area contributed by atoms with Gasteiger partial charge in [0.1, 0.15) is 11.9 Å². The average molecular weight is 482 g/mol. The number of amides is 2. The molecule has 0 radical (unpaired) electrons. The molecular weight excluding hydrogens is 454 g/mol. The summed E-state index contributed by atoms with van der Waals surface area (Å²) in [5.74, 6) is -0.619. The van der Waals surface area contributed by atoms with Crippen LogP contribution in [0.1, 0.15) is 18.6 Å². The summed E-state index contributed by atoms with van der Waals surface area (Å²) in [4.78, 5) is 25.4. The molecule has 2 amide bonds. The average Bonchev–Trinajstić information content (AvgIpc) is 2.88. The van der Waals surface area contributed by atoms with Gasteiger partial charge < -0.3 is 20.9 Å². The molecule has 7 nitrogen and oxygen atoms in total. The fourth-order valence-corrected chi connectivity index (χ4v) is 3.92. The number of fused-ring (bicyclic) bond motifs is 1. The Bertz CT molecular complexity index is 1400. The van der Waals surface area contributed by atoms with Gasteiger partial charge in [-0.25, -0.2) is 4.79 Å². The first-order chi connectivity index (χ1) is 17.4. The molecular formula is C29H27N3O4. The van der Waals surface area contributed by atoms with Crippen LogP contribution in [0.4, 0.5) is 21.9 Å². The molecule has 0 aromatic heterocycles. The maximum atomic E-state index is 12.8. The van der Waals surface area contributed by atoms with Crippen molar-refractivity contribution in [1.82, 2.24) is 0 Å². The normalized spacial score (nSPS) is 12.7. The molecule has 0 saturated heterocycles. The zero-order chi connectivity index (χ0) is 25.5. The van der Waals surface area contributed by atoms with Gasteiger partial charge >= 0.3 is 6.09 Å². The molecule has 4 rings (SSSR count). The fraction of sp³-hybridized carbons (Fsp3) is 0.103. The van der Waals surface area contributed by atoms with Crippen LogP contribution in [0.2, 0.25) is 0 Å². The third-order valence-electron chi connectivity index (χ3n) is 5.74. The quantitative estimate of drug-likeness (QED) is 0.184. The Morgan fingerprint density at radius 1 is 0.861 bits per heavy atom. The highest BCUT2D eigenvalue weighted by Gasteiger charge is 2.25. The number of nitrogens with two attached hydrogens (primary N) is 1. The number of para-hydroxylation sites is 3. The molecule has 0 saturated carbocycles. The van der Waals surface area contributed by atoms with Crippen molar-refractivity contribution in [2.24, 2.45) is 5.92 Å². The van der Waals surface area contributed by atoms with Crippen LogP contribution in [0, 0.1) is 5.92 Å². The number of nitrogens with one attached hydrogen (secondary N) is 2. The third kappa shape index (κ3) is 5.82. The number of anilines is 3. The van der Waals surface area contributed by atoms with Crippen molar-refractivity contribution in [1.29, 1.82) is 0 Å². The van der Waals surface area contributed by atoms with Gasteiger partial charge in [0.25, 0.3) is 0 Å². The van der Waals surface area contributed by atoms with E-state index in [0.29, 0.717) is 28.0 Å². The molecule has 7 heteroatoms. The lowest BCUT2D eigenvalue weighted by atomic mass is 9.92. The van der Waals surface area contributed by atoms with Crippen molar-refractivity contribution >= 4 is 39.8 Å². The Balaban J connectivity index is 1.60. The molecule has 182 valence electrons. The van der Waals surface area contributed by atoms with Crippen LogP contribution in [0.25, 0.3) is 10.8 Å². The maximum absolute atomic E-state index is 12.8. The number of carbonyl (C=O) groups is 2. The molecule has 0 unspecified atom stereocenters. The standard InChI is InChI=1S/C29H27N3O4/c1-19(15-18-27(34)32-25-14-8-7-13-24(25)30)28(36-29(35)31-20-9-3-2-4-10-20)23-16-17-26(33)22-12-6-5-11-21(22)23/h2-19,28,33H,30H2,1H3,(H,31,35)(H,32,34)/b18-15+/t19-,28-/m0/s1. The summed E-state index contributed by atoms with van der Waals surface area (Å²) in [7, 11) is 0. The molecule has 0 aliphatic heterocycles. The fourth-order valence-electron chi connectivity index (χ4n) is 3.92. The number of carbonyl (C=O) groups excluding carboxylic acids is 2. The Labute approximate surface area is 209 Å². The monoisotopic (exact) mass is 481 g/mol. The lowest BCUT2D eigenvalue weighted by Gasteiger charge is -2.24. The number of nitrogen functional groups attached to an aromatic ring is 1. The van der Waals surface area contributed by atoms with E-state index in [9.17, 15) is 14.7 Å². The van der Waals surface area contributed by atoms with E-state index in [1.807, 2.05) is 43.3 Å². The van der Waals surface area contributed by atoms with Crippen LogP contribution in [-0.2, 0) is 9.53 Å². The van der Waals surface area contributed by atoms with E-state index in [2.05, 4.69) is 10.6 Å². The van der Waals surface area contributed by atoms with Crippen molar-refractivity contribution in [3.63, 3.8) is 0 Å². The number of rotatable bonds is 7. The molecule has 0 spiro atoms. The molecule has 5 N–H and O–H groups in total. The minimum Gasteiger partial charge on any atom is -0.507 e. The molecule has 0 aliphatic rings. The minimum absolute atomic E-state index is 0.129. The second-order valence-corrected chi connectivity index (χ2v) is 8.33. The lowest BCUT2D eigenvalue weighted by Crippen LogP contribution is -2.21. The first-order valence-electron chi connectivity index (χ1n) is 11.5. The minimum atomic E-state index is -0.745. The summed E-state index contributed by atoms with van der Waals surface area (Å²) in [6.45, 7) is 1.85. The molecule has 36 heavy (non-hydrogen) atoms. The first kappa shape index (κ1) is 24.3. The van der Waals surface area contributed by atoms with E-state index in [1.165, 1.54) is 6.08 Å². The Kier molecular flexibility index (Phi) is 7.51. The summed E-state index contributed by atoms with van der Waals surface area (Å²) < 4.78 is 5.89. The van der Waals surface area contributed by atoms with Gasteiger partial charge in [-0.2, -0.15) is 0 Å². The number of hydrogen-bond donors (Lipinski definition) is 4. The van der Waals surface area contributed by atoms with Gasteiger partial charge in [-0.15, -0.1) is 0 Å². The number of phenolic OH excluding ortho intramolecular Hbond substituents is 1. The van der Waals surface area contributed by atoms with Crippen molar-refractivity contribution < 1.29 is 19.4 Å². The first-order valence-corrected chi connectivity index (χ1v) is 11.5. The summed E-state index contributed by atoms with van der Waals surface area (Å²) in [5.41, 5.74) is 8.18. The molecule has 0 fully saturated rings. The van der Waals surface area contributed by atoms with Gasteiger partial charge in [0.2, 0.25) is 5.91 Å². The van der Waals surface area contributed by atoms with E-state index in [1.54, 1.807) is 60.7 Å². The Hall–Kier alpha value is -4.78. The predicted octanol–water partition coefficient (Wildman–Crippen LogP) is 6.25. The highest BCUT2D eigenvalue weighted by molar-refractivity contribution is 6.01. The number of ether oxygens (including phenoxy) is 1. The van der Waals surface area contributed by atoms with Gasteiger partial charge in [-0.3, -0.25) is 10.1 Å². The summed E-state index contributed by atoms with van der Waals surface area (Å²) in [6.07, 6.45) is 1.69. The number of aromatic hydroxyl groups is 1. The van der Waals surface area contributed by atoms with E-state index in [4.69, 9.17) is 10.5 Å². The third-order valence-corrected chi connectivity index (χ3v) is 5.74. The van der Waals surface area contributed by atoms with Gasteiger partial charge in [0.05, 0.1) is 11.4 Å². The summed E-state index contributed by atoms with van der Waals surface area (Å²) >= 11 is 0. The molecule has 0 heterocycles. The van der Waals surface area contributed by atoms with Crippen LogP contribution in [0.5, 0.6) is 5.75 Å². The van der Waals surface area contributed by atoms with Crippen LogP contribution in [-0.4, -0.2) is 17.1 Å². The zero-order valence-corrected chi connectivity index (χ0v) is 19.7. The summed E-state index contributed by atoms with van der Waals surface area (Å²) in [6, 6.07) is 26.6. The highest BCUT2D eigenvalue weighted by Crippen LogP contribution is 2.36. The van der Waals surface area contributed by atoms with Crippen LogP contribution >= 0.6 is 0 Å². The Morgan fingerprint density at radius 2 is 1.53 bits per heavy atom. The number of hydrogen-bond acceptors (Lipinski definition) is 5. The largest absolute Gasteiger partial charge is 0.507 e. The van der Waals surface area contributed by atoms with E-state index in [0.717, 1.165) is 5.39 Å². The van der Waals surface area contributed by atoms with E-state index < -0.39 is 18.1 Å². The van der Waals surface area contributed by atoms with Crippen LogP contribution in [0.15, 0.2) is 103 Å². The van der Waals surface area contributed by atoms with E-state index in [-0.39, 0.29) is 11.7 Å². The van der Waals surface area contributed by atoms with Gasteiger partial charge in [0.15, 0.2) is 0 Å². The van der Waals surface area contributed by atoms with Crippen molar-refractivity contribution in [3.8, 4) is 5.75 Å². The SMILES string of the molecule is C[C@@H](/C=C/C(=O)Nc1ccccc1N)[C@H](OC(=O)Nc1ccccc1)c1ccc(O)c2ccccc12. The second kappa shape index (κ2) is 11.1. The lowest BCUT2D eigenvalue weighted by molar-refractivity contribution is -0.111. The smallest absolute Gasteiger partial charge is 0.412 e. The number of benzene rings is 4. The second-order valence-electron chi connectivity index (χ2n) is 8.33. The van der Waals surface area contributed by atoms with Gasteiger partial charge in [-0.1, -0.05) is 73.7 Å². The molecule has 2 atom stereocenters. The zero-order valence-electron chi connectivity index (χ0n) is 19.7. The topological polar surface area (TPSA) is 114 Å². The Morgan fingerprint density at radius 3 is 2.28 bits per heavy atom. The number of phenols is 1. The van der Waals surface area contributed by atoms with Crippen molar-refractivity contribution in [2.45, 2.75) is 13.0 Å². The van der Waals surface area contributed by atoms with Crippen molar-refractivity contribution in [3.05, 3.63) is 109 Å². The van der Waals surface area contributed by atoms with Gasteiger partial charge in [0, 0.05) is 22.6 Å². The van der Waals surface area contributed by atoms with Crippen molar-refractivity contribution in [2.75, 3.05) is 16.4 Å². The summed E-state index contributed by atoms with van der Waals surface area (Å²) in [5, 5.41) is 17.2. The maximum Gasteiger partial charge on any atom is 0.412 e. The van der Waals surface area contributed by atoms with Gasteiger partial charge in [-0.05, 0) is 41.8 Å². The molecule has 0 bridgehead atoms. The highest BCUT2D eigenvalue weighted by atomic mass is 16.6.